The van der Waals surface area contributed by atoms with E-state index in [1.165, 1.54) is 0 Å². The van der Waals surface area contributed by atoms with E-state index in [2.05, 4.69) is 20.6 Å². The van der Waals surface area contributed by atoms with Crippen molar-refractivity contribution in [3.63, 3.8) is 0 Å². The summed E-state index contributed by atoms with van der Waals surface area (Å²) in [4.78, 5) is 8.75. The van der Waals surface area contributed by atoms with Gasteiger partial charge in [-0.2, -0.15) is 0 Å². The second-order valence-corrected chi connectivity index (χ2v) is 6.08. The molecule has 6 nitrogen and oxygen atoms in total. The van der Waals surface area contributed by atoms with Gasteiger partial charge in [-0.25, -0.2) is 9.98 Å². The average molecular weight is 512 g/mol. The average Bonchev–Trinajstić information content (AvgIpc) is 2.85. The second kappa shape index (κ2) is 11.5. The monoisotopic (exact) mass is 511 g/mol. The molecule has 0 saturated heterocycles. The maximum Gasteiger partial charge on any atom is 0.213 e. The van der Waals surface area contributed by atoms with Gasteiger partial charge in [0.05, 0.1) is 24.7 Å². The molecule has 0 radical (unpaired) electrons. The molecule has 2 N–H and O–H groups in total. The van der Waals surface area contributed by atoms with Crippen LogP contribution in [0.1, 0.15) is 25.1 Å². The molecule has 2 aromatic heterocycles. The first-order valence-electron chi connectivity index (χ1n) is 8.14. The van der Waals surface area contributed by atoms with Crippen LogP contribution in [0.2, 0.25) is 10.2 Å². The largest absolute Gasteiger partial charge is 0.478 e. The molecule has 9 heteroatoms. The molecule has 0 spiro atoms. The van der Waals surface area contributed by atoms with Gasteiger partial charge >= 0.3 is 0 Å². The van der Waals surface area contributed by atoms with Gasteiger partial charge in [0, 0.05) is 31.5 Å². The maximum absolute atomic E-state index is 6.10. The Labute approximate surface area is 181 Å². The van der Waals surface area contributed by atoms with Crippen LogP contribution in [-0.2, 0) is 20.1 Å². The zero-order chi connectivity index (χ0) is 18.2. The minimum Gasteiger partial charge on any atom is -0.478 e. The third-order valence-corrected chi connectivity index (χ3v) is 4.35. The van der Waals surface area contributed by atoms with Crippen molar-refractivity contribution in [2.45, 2.75) is 26.9 Å². The summed E-state index contributed by atoms with van der Waals surface area (Å²) in [6, 6.07) is 5.66. The highest BCUT2D eigenvalue weighted by Gasteiger charge is 2.09. The van der Waals surface area contributed by atoms with Crippen molar-refractivity contribution in [1.82, 2.24) is 20.2 Å². The maximum atomic E-state index is 6.10. The van der Waals surface area contributed by atoms with Crippen LogP contribution in [-0.4, -0.2) is 28.7 Å². The predicted octanol–water partition coefficient (Wildman–Crippen LogP) is 4.00. The summed E-state index contributed by atoms with van der Waals surface area (Å²) in [5, 5.41) is 7.58. The van der Waals surface area contributed by atoms with Gasteiger partial charge in [-0.3, -0.25) is 0 Å². The lowest BCUT2D eigenvalue weighted by atomic mass is 10.3. The molecule has 2 heterocycles. The highest BCUT2D eigenvalue weighted by molar-refractivity contribution is 14.0. The number of hydrogen-bond donors (Lipinski definition) is 2. The van der Waals surface area contributed by atoms with Crippen LogP contribution in [0.3, 0.4) is 0 Å². The van der Waals surface area contributed by atoms with Crippen LogP contribution in [0.15, 0.2) is 29.4 Å². The van der Waals surface area contributed by atoms with Crippen molar-refractivity contribution >= 4 is 53.1 Å². The number of nitrogens with zero attached hydrogens (tertiary/aromatic N) is 3. The van der Waals surface area contributed by atoms with Crippen LogP contribution < -0.4 is 15.4 Å². The van der Waals surface area contributed by atoms with Gasteiger partial charge in [0.1, 0.15) is 5.15 Å². The fourth-order valence-corrected chi connectivity index (χ4v) is 2.64. The summed E-state index contributed by atoms with van der Waals surface area (Å²) < 4.78 is 7.26. The van der Waals surface area contributed by atoms with Gasteiger partial charge in [-0.05, 0) is 31.5 Å². The minimum absolute atomic E-state index is 0. The van der Waals surface area contributed by atoms with E-state index >= 15 is 0 Å². The SMILES string of the molecule is CCNC(=NCc1ccnc(OCC)c1)NCc1cc(Cl)c(Cl)n1C.I. The number of hydrogen-bond acceptors (Lipinski definition) is 3. The summed E-state index contributed by atoms with van der Waals surface area (Å²) >= 11 is 12.1. The Bertz CT molecular complexity index is 736. The topological polar surface area (TPSA) is 63.5 Å². The van der Waals surface area contributed by atoms with Crippen LogP contribution in [0.25, 0.3) is 0 Å². The molecule has 0 aliphatic carbocycles. The van der Waals surface area contributed by atoms with Gasteiger partial charge in [-0.15, -0.1) is 24.0 Å². The third kappa shape index (κ3) is 6.51. The molecule has 2 rings (SSSR count). The number of nitrogens with one attached hydrogen (secondary N) is 2. The molecule has 0 atom stereocenters. The summed E-state index contributed by atoms with van der Waals surface area (Å²) in [5.41, 5.74) is 2.00. The molecule has 0 amide bonds. The minimum atomic E-state index is 0. The van der Waals surface area contributed by atoms with Gasteiger partial charge in [0.25, 0.3) is 0 Å². The van der Waals surface area contributed by atoms with Gasteiger partial charge < -0.3 is 19.9 Å². The number of aromatic nitrogens is 2. The van der Waals surface area contributed by atoms with E-state index in [-0.39, 0.29) is 24.0 Å². The summed E-state index contributed by atoms with van der Waals surface area (Å²) in [6.45, 7) is 6.39. The molecule has 26 heavy (non-hydrogen) atoms. The fraction of sp³-hybridized carbons (Fsp3) is 0.412. The van der Waals surface area contributed by atoms with E-state index in [4.69, 9.17) is 27.9 Å². The van der Waals surface area contributed by atoms with Crippen LogP contribution in [0, 0.1) is 0 Å². The van der Waals surface area contributed by atoms with Crippen LogP contribution >= 0.6 is 47.2 Å². The van der Waals surface area contributed by atoms with Crippen molar-refractivity contribution in [3.8, 4) is 5.88 Å². The molecule has 0 aromatic carbocycles. The molecule has 2 aromatic rings. The zero-order valence-corrected chi connectivity index (χ0v) is 18.9. The van der Waals surface area contributed by atoms with Gasteiger partial charge in [-0.1, -0.05) is 23.2 Å². The van der Waals surface area contributed by atoms with E-state index in [9.17, 15) is 0 Å². The first-order valence-corrected chi connectivity index (χ1v) is 8.90. The number of pyridine rings is 1. The Morgan fingerprint density at radius 1 is 1.27 bits per heavy atom. The Balaban J connectivity index is 0.00000338. The van der Waals surface area contributed by atoms with E-state index in [1.54, 1.807) is 6.20 Å². The lowest BCUT2D eigenvalue weighted by Crippen LogP contribution is -2.37. The van der Waals surface area contributed by atoms with Gasteiger partial charge in [0.2, 0.25) is 5.88 Å². The summed E-state index contributed by atoms with van der Waals surface area (Å²) in [6.07, 6.45) is 1.73. The number of aliphatic imine (C=N–C) groups is 1. The highest BCUT2D eigenvalue weighted by Crippen LogP contribution is 2.24. The van der Waals surface area contributed by atoms with Crippen LogP contribution in [0.5, 0.6) is 5.88 Å². The molecular weight excluding hydrogens is 488 g/mol. The molecular formula is C17H24Cl2IN5O. The van der Waals surface area contributed by atoms with Crippen molar-refractivity contribution in [2.75, 3.05) is 13.2 Å². The Kier molecular flexibility index (Phi) is 10.1. The van der Waals surface area contributed by atoms with E-state index < -0.39 is 0 Å². The number of rotatable bonds is 7. The summed E-state index contributed by atoms with van der Waals surface area (Å²) in [5.74, 6) is 1.33. The number of ether oxygens (including phenoxy) is 1. The van der Waals surface area contributed by atoms with Crippen molar-refractivity contribution < 1.29 is 4.74 Å². The molecule has 144 valence electrons. The standard InChI is InChI=1S/C17H23Cl2N5O.HI/c1-4-20-17(23-11-13-9-14(18)16(19)24(13)3)22-10-12-6-7-21-15(8-12)25-5-2;/h6-9H,4-5,10-11H2,1-3H3,(H2,20,22,23);1H. The van der Waals surface area contributed by atoms with E-state index in [1.807, 2.05) is 43.7 Å². The molecule has 0 bridgehead atoms. The Morgan fingerprint density at radius 3 is 2.65 bits per heavy atom. The highest BCUT2D eigenvalue weighted by atomic mass is 127. The van der Waals surface area contributed by atoms with Crippen LogP contribution in [0.4, 0.5) is 0 Å². The second-order valence-electron chi connectivity index (χ2n) is 5.32. The first kappa shape index (κ1) is 22.9. The van der Waals surface area contributed by atoms with Crippen molar-refractivity contribution in [2.24, 2.45) is 12.0 Å². The van der Waals surface area contributed by atoms with Crippen molar-refractivity contribution in [3.05, 3.63) is 45.8 Å². The molecule has 0 aliphatic rings. The molecule has 0 saturated carbocycles. The molecule has 0 aliphatic heterocycles. The fourth-order valence-electron chi connectivity index (χ4n) is 2.22. The normalized spacial score (nSPS) is 11.0. The number of guanidine groups is 1. The van der Waals surface area contributed by atoms with E-state index in [0.29, 0.717) is 41.7 Å². The lowest BCUT2D eigenvalue weighted by Gasteiger charge is -2.12. The summed E-state index contributed by atoms with van der Waals surface area (Å²) in [7, 11) is 1.88. The smallest absolute Gasteiger partial charge is 0.213 e. The third-order valence-electron chi connectivity index (χ3n) is 3.51. The predicted molar refractivity (Wildman–Crippen MR) is 118 cm³/mol. The molecule has 0 fully saturated rings. The van der Waals surface area contributed by atoms with E-state index in [0.717, 1.165) is 17.8 Å². The molecule has 0 unspecified atom stereocenters. The van der Waals surface area contributed by atoms with Gasteiger partial charge in [0.15, 0.2) is 5.96 Å². The van der Waals surface area contributed by atoms with Crippen molar-refractivity contribution in [1.29, 1.82) is 0 Å². The Hall–Kier alpha value is -1.19. The number of halogens is 3. The quantitative estimate of drug-likeness (QED) is 0.335. The Morgan fingerprint density at radius 2 is 2.04 bits per heavy atom. The first-order chi connectivity index (χ1) is 12.0. The zero-order valence-electron chi connectivity index (χ0n) is 15.1. The lowest BCUT2D eigenvalue weighted by molar-refractivity contribution is 0.326.